The van der Waals surface area contributed by atoms with E-state index in [-0.39, 0.29) is 11.2 Å². The highest BCUT2D eigenvalue weighted by Gasteiger charge is 2.30. The lowest BCUT2D eigenvalue weighted by atomic mass is 9.79. The van der Waals surface area contributed by atoms with Crippen LogP contribution in [0.1, 0.15) is 16.7 Å². The summed E-state index contributed by atoms with van der Waals surface area (Å²) < 4.78 is 13.5. The van der Waals surface area contributed by atoms with Crippen LogP contribution in [-0.4, -0.2) is 10.7 Å². The summed E-state index contributed by atoms with van der Waals surface area (Å²) in [6, 6.07) is 15.4. The Morgan fingerprint density at radius 1 is 1.00 bits per heavy atom. The number of halogens is 3. The number of rotatable bonds is 5. The average Bonchev–Trinajstić information content (AvgIpc) is 2.47. The first-order valence-corrected chi connectivity index (χ1v) is 8.77. The predicted octanol–water partition coefficient (Wildman–Crippen LogP) is 5.40. The third-order valence-electron chi connectivity index (χ3n) is 3.61. The molecule has 0 unspecified atom stereocenters. The summed E-state index contributed by atoms with van der Waals surface area (Å²) in [4.78, 5) is 0. The maximum Gasteiger partial charge on any atom is 0.123 e. The second kappa shape index (κ2) is 6.86. The topological polar surface area (TPSA) is 0 Å². The van der Waals surface area contributed by atoms with E-state index in [0.717, 1.165) is 22.6 Å². The van der Waals surface area contributed by atoms with Gasteiger partial charge in [-0.1, -0.05) is 73.8 Å². The number of hydrogen-bond acceptors (Lipinski definition) is 0. The lowest BCUT2D eigenvalue weighted by Crippen LogP contribution is -2.33. The van der Waals surface area contributed by atoms with E-state index in [0.29, 0.717) is 0 Å². The van der Waals surface area contributed by atoms with Crippen LogP contribution in [0.25, 0.3) is 0 Å². The van der Waals surface area contributed by atoms with Gasteiger partial charge in [-0.25, -0.2) is 4.39 Å². The average molecular weight is 400 g/mol. The molecule has 0 fully saturated rings. The highest BCUT2D eigenvalue weighted by atomic mass is 79.9. The van der Waals surface area contributed by atoms with Gasteiger partial charge in [-0.2, -0.15) is 0 Å². The van der Waals surface area contributed by atoms with Crippen molar-refractivity contribution in [2.24, 2.45) is 0 Å². The second-order valence-corrected chi connectivity index (χ2v) is 6.34. The zero-order chi connectivity index (χ0) is 14.6. The van der Waals surface area contributed by atoms with E-state index in [4.69, 9.17) is 0 Å². The fraction of sp³-hybridized carbons (Fsp3) is 0.294. The van der Waals surface area contributed by atoms with Crippen LogP contribution in [0.3, 0.4) is 0 Å². The van der Waals surface area contributed by atoms with E-state index in [2.05, 4.69) is 63.0 Å². The summed E-state index contributed by atoms with van der Waals surface area (Å²) in [6.07, 6.45) is 0.868. The molecule has 3 heteroatoms. The molecule has 0 N–H and O–H groups in total. The van der Waals surface area contributed by atoms with Crippen LogP contribution in [0.2, 0.25) is 0 Å². The Bertz CT molecular complexity index is 559. The van der Waals surface area contributed by atoms with Gasteiger partial charge in [-0.05, 0) is 36.6 Å². The maximum absolute atomic E-state index is 13.5. The molecule has 2 aromatic rings. The molecule has 0 radical (unpaired) electrons. The van der Waals surface area contributed by atoms with Gasteiger partial charge in [-0.15, -0.1) is 0 Å². The van der Waals surface area contributed by atoms with E-state index in [1.807, 2.05) is 6.07 Å². The summed E-state index contributed by atoms with van der Waals surface area (Å²) in [5.74, 6) is -0.183. The molecule has 2 aromatic carbocycles. The van der Waals surface area contributed by atoms with Crippen molar-refractivity contribution >= 4 is 31.9 Å². The van der Waals surface area contributed by atoms with E-state index in [1.165, 1.54) is 17.2 Å². The summed E-state index contributed by atoms with van der Waals surface area (Å²) in [5.41, 5.74) is 3.39. The minimum Gasteiger partial charge on any atom is -0.207 e. The van der Waals surface area contributed by atoms with Crippen molar-refractivity contribution in [1.82, 2.24) is 0 Å². The Morgan fingerprint density at radius 3 is 2.20 bits per heavy atom. The minimum atomic E-state index is -0.183. The van der Waals surface area contributed by atoms with E-state index >= 15 is 0 Å². The third kappa shape index (κ3) is 3.50. The van der Waals surface area contributed by atoms with Crippen LogP contribution in [0.5, 0.6) is 0 Å². The molecule has 0 aliphatic carbocycles. The molecular weight excluding hydrogens is 383 g/mol. The Balaban J connectivity index is 2.36. The Morgan fingerprint density at radius 2 is 1.65 bits per heavy atom. The van der Waals surface area contributed by atoms with Gasteiger partial charge in [0.15, 0.2) is 0 Å². The highest BCUT2D eigenvalue weighted by molar-refractivity contribution is 9.09. The Kier molecular flexibility index (Phi) is 5.39. The summed E-state index contributed by atoms with van der Waals surface area (Å²) >= 11 is 7.23. The highest BCUT2D eigenvalue weighted by Crippen LogP contribution is 2.33. The first kappa shape index (κ1) is 15.7. The number of hydrogen-bond donors (Lipinski definition) is 0. The zero-order valence-electron chi connectivity index (χ0n) is 11.4. The molecule has 20 heavy (non-hydrogen) atoms. The minimum absolute atomic E-state index is 0.142. The molecule has 0 atom stereocenters. The summed E-state index contributed by atoms with van der Waals surface area (Å²) in [7, 11) is 0. The number of alkyl halides is 2. The molecule has 0 saturated carbocycles. The molecule has 0 amide bonds. The molecule has 0 saturated heterocycles. The van der Waals surface area contributed by atoms with Crippen molar-refractivity contribution in [2.45, 2.75) is 18.8 Å². The van der Waals surface area contributed by atoms with E-state index in [1.54, 1.807) is 12.1 Å². The molecule has 0 nitrogen and oxygen atoms in total. The SMILES string of the molecule is Cc1ccc(CC(CBr)(CBr)c2cccc(F)c2)cc1. The van der Waals surface area contributed by atoms with Gasteiger partial charge in [0.05, 0.1) is 0 Å². The molecule has 0 spiro atoms. The molecule has 0 aliphatic heterocycles. The number of aryl methyl sites for hydroxylation is 1. The van der Waals surface area contributed by atoms with Gasteiger partial charge in [0.2, 0.25) is 0 Å². The Hall–Kier alpha value is -0.670. The van der Waals surface area contributed by atoms with Crippen molar-refractivity contribution in [2.75, 3.05) is 10.7 Å². The van der Waals surface area contributed by atoms with Crippen LogP contribution in [0.15, 0.2) is 48.5 Å². The van der Waals surface area contributed by atoms with Gasteiger partial charge in [0.1, 0.15) is 5.82 Å². The van der Waals surface area contributed by atoms with Crippen molar-refractivity contribution in [1.29, 1.82) is 0 Å². The van der Waals surface area contributed by atoms with Crippen LogP contribution in [0.4, 0.5) is 4.39 Å². The predicted molar refractivity (Wildman–Crippen MR) is 90.5 cm³/mol. The van der Waals surface area contributed by atoms with E-state index in [9.17, 15) is 4.39 Å². The second-order valence-electron chi connectivity index (χ2n) is 5.22. The molecule has 0 heterocycles. The van der Waals surface area contributed by atoms with Gasteiger partial charge < -0.3 is 0 Å². The monoisotopic (exact) mass is 398 g/mol. The first-order valence-electron chi connectivity index (χ1n) is 6.53. The zero-order valence-corrected chi connectivity index (χ0v) is 14.5. The lowest BCUT2D eigenvalue weighted by Gasteiger charge is -2.31. The summed E-state index contributed by atoms with van der Waals surface area (Å²) in [5, 5.41) is 1.56. The van der Waals surface area contributed by atoms with Crippen LogP contribution >= 0.6 is 31.9 Å². The van der Waals surface area contributed by atoms with Crippen molar-refractivity contribution < 1.29 is 4.39 Å². The molecule has 2 rings (SSSR count). The quantitative estimate of drug-likeness (QED) is 0.590. The molecule has 106 valence electrons. The standard InChI is InChI=1S/C17H17Br2F/c1-13-5-7-14(8-6-13)10-17(11-18,12-19)15-3-2-4-16(20)9-15/h2-9H,10-12H2,1H3. The molecule has 0 aliphatic rings. The van der Waals surface area contributed by atoms with Crippen LogP contribution < -0.4 is 0 Å². The van der Waals surface area contributed by atoms with Gasteiger partial charge in [0.25, 0.3) is 0 Å². The van der Waals surface area contributed by atoms with Crippen molar-refractivity contribution in [3.8, 4) is 0 Å². The fourth-order valence-corrected chi connectivity index (χ4v) is 4.27. The number of benzene rings is 2. The largest absolute Gasteiger partial charge is 0.207 e. The first-order chi connectivity index (χ1) is 9.59. The molecular formula is C17H17Br2F. The third-order valence-corrected chi connectivity index (χ3v) is 5.76. The van der Waals surface area contributed by atoms with Crippen LogP contribution in [0, 0.1) is 12.7 Å². The smallest absolute Gasteiger partial charge is 0.123 e. The maximum atomic E-state index is 13.5. The van der Waals surface area contributed by atoms with Gasteiger partial charge >= 0.3 is 0 Å². The summed E-state index contributed by atoms with van der Waals surface area (Å²) in [6.45, 7) is 2.08. The van der Waals surface area contributed by atoms with Gasteiger partial charge in [0, 0.05) is 16.1 Å². The van der Waals surface area contributed by atoms with Crippen LogP contribution in [-0.2, 0) is 11.8 Å². The molecule has 0 bridgehead atoms. The fourth-order valence-electron chi connectivity index (χ4n) is 2.30. The van der Waals surface area contributed by atoms with Crippen molar-refractivity contribution in [3.05, 3.63) is 71.0 Å². The lowest BCUT2D eigenvalue weighted by molar-refractivity contribution is 0.541. The normalized spacial score (nSPS) is 11.6. The van der Waals surface area contributed by atoms with Crippen molar-refractivity contribution in [3.63, 3.8) is 0 Å². The van der Waals surface area contributed by atoms with E-state index < -0.39 is 0 Å². The Labute approximate surface area is 136 Å². The van der Waals surface area contributed by atoms with Gasteiger partial charge in [-0.3, -0.25) is 0 Å². The molecule has 0 aromatic heterocycles.